The summed E-state index contributed by atoms with van der Waals surface area (Å²) in [7, 11) is -3.37. The van der Waals surface area contributed by atoms with Gasteiger partial charge in [-0.3, -0.25) is 4.79 Å². The van der Waals surface area contributed by atoms with E-state index < -0.39 is 21.7 Å². The third kappa shape index (κ3) is 5.40. The van der Waals surface area contributed by atoms with Crippen LogP contribution in [0.1, 0.15) is 29.0 Å². The fourth-order valence-electron chi connectivity index (χ4n) is 3.57. The Balaban J connectivity index is 1.81. The van der Waals surface area contributed by atoms with Crippen LogP contribution in [0.4, 0.5) is 0 Å². The van der Waals surface area contributed by atoms with Crippen molar-refractivity contribution in [1.82, 2.24) is 4.98 Å². The Bertz CT molecular complexity index is 1480. The molecule has 1 heterocycles. The predicted molar refractivity (Wildman–Crippen MR) is 139 cm³/mol. The zero-order valence-electron chi connectivity index (χ0n) is 19.1. The van der Waals surface area contributed by atoms with Crippen LogP contribution in [0.15, 0.2) is 77.7 Å². The first-order valence-electron chi connectivity index (χ1n) is 10.8. The van der Waals surface area contributed by atoms with Crippen LogP contribution in [0.5, 0.6) is 10.8 Å². The van der Waals surface area contributed by atoms with Gasteiger partial charge in [-0.1, -0.05) is 72.3 Å². The molecule has 0 spiro atoms. The van der Waals surface area contributed by atoms with Gasteiger partial charge in [0.1, 0.15) is 22.4 Å². The molecule has 2 N–H and O–H groups in total. The molecule has 1 atom stereocenters. The molecule has 0 bridgehead atoms. The van der Waals surface area contributed by atoms with Gasteiger partial charge in [-0.2, -0.15) is 0 Å². The molecule has 0 saturated carbocycles. The lowest BCUT2D eigenvalue weighted by Crippen LogP contribution is -2.22. The highest BCUT2D eigenvalue weighted by Gasteiger charge is 2.28. The Kier molecular flexibility index (Phi) is 7.25. The number of nitrogens with zero attached hydrogens (tertiary/aromatic N) is 1. The van der Waals surface area contributed by atoms with Crippen molar-refractivity contribution < 1.29 is 17.9 Å². The number of aryl methyl sites for hydroxylation is 1. The Hall–Kier alpha value is -3.20. The Morgan fingerprint density at radius 3 is 2.43 bits per heavy atom. The van der Waals surface area contributed by atoms with Gasteiger partial charge in [-0.15, -0.1) is 0 Å². The van der Waals surface area contributed by atoms with Crippen molar-refractivity contribution in [3.8, 4) is 22.1 Å². The molecular weight excluding hydrogens is 504 g/mol. The standard InChI is InChI=1S/C26H23ClN2O4S2/c1-3-35(31,32)20-13-11-17(12-14-20)22(24(28)30)25-29-23(18-8-6-9-19(27)15-18)26(34-25)33-21-10-5-4-7-16(21)2/h4-15,22H,3H2,1-2H3,(H2,28,30). The summed E-state index contributed by atoms with van der Waals surface area (Å²) >= 11 is 7.44. The van der Waals surface area contributed by atoms with Gasteiger partial charge in [0.05, 0.1) is 10.6 Å². The van der Waals surface area contributed by atoms with E-state index in [2.05, 4.69) is 0 Å². The van der Waals surface area contributed by atoms with Crippen LogP contribution in [0.2, 0.25) is 5.02 Å². The third-order valence-corrected chi connectivity index (χ3v) is 8.47. The van der Waals surface area contributed by atoms with Crippen molar-refractivity contribution >= 4 is 38.7 Å². The number of rotatable bonds is 8. The molecule has 4 rings (SSSR count). The fourth-order valence-corrected chi connectivity index (χ4v) is 5.73. The van der Waals surface area contributed by atoms with Gasteiger partial charge in [-0.25, -0.2) is 13.4 Å². The van der Waals surface area contributed by atoms with Crippen molar-refractivity contribution in [3.63, 3.8) is 0 Å². The minimum atomic E-state index is -3.37. The first-order valence-corrected chi connectivity index (χ1v) is 13.7. The number of halogens is 1. The van der Waals surface area contributed by atoms with E-state index in [0.717, 1.165) is 11.1 Å². The highest BCUT2D eigenvalue weighted by Crippen LogP contribution is 2.43. The summed E-state index contributed by atoms with van der Waals surface area (Å²) in [5.74, 6) is -0.841. The SMILES string of the molecule is CCS(=O)(=O)c1ccc(C(C(N)=O)c2nc(-c3cccc(Cl)c3)c(Oc3ccccc3C)s2)cc1. The summed E-state index contributed by atoms with van der Waals surface area (Å²) in [5, 5.41) is 1.47. The summed E-state index contributed by atoms with van der Waals surface area (Å²) in [6, 6.07) is 21.0. The fraction of sp³-hybridized carbons (Fsp3) is 0.154. The lowest BCUT2D eigenvalue weighted by molar-refractivity contribution is -0.118. The maximum absolute atomic E-state index is 12.6. The molecule has 1 unspecified atom stereocenters. The third-order valence-electron chi connectivity index (χ3n) is 5.49. The molecule has 4 aromatic rings. The number of ether oxygens (including phenoxy) is 1. The number of benzene rings is 3. The number of hydrogen-bond donors (Lipinski definition) is 1. The molecule has 9 heteroatoms. The van der Waals surface area contributed by atoms with E-state index in [1.54, 1.807) is 31.2 Å². The van der Waals surface area contributed by atoms with Crippen LogP contribution in [0.3, 0.4) is 0 Å². The van der Waals surface area contributed by atoms with Gasteiger partial charge < -0.3 is 10.5 Å². The zero-order chi connectivity index (χ0) is 25.2. The van der Waals surface area contributed by atoms with E-state index in [0.29, 0.717) is 32.1 Å². The Labute approximate surface area is 213 Å². The maximum Gasteiger partial charge on any atom is 0.231 e. The highest BCUT2D eigenvalue weighted by atomic mass is 35.5. The van der Waals surface area contributed by atoms with Crippen LogP contribution in [-0.4, -0.2) is 25.1 Å². The molecule has 0 saturated heterocycles. The van der Waals surface area contributed by atoms with E-state index in [9.17, 15) is 13.2 Å². The average Bonchev–Trinajstić information content (AvgIpc) is 3.24. The second-order valence-corrected chi connectivity index (χ2v) is 11.6. The number of primary amides is 1. The molecular formula is C26H23ClN2O4S2. The van der Waals surface area contributed by atoms with Crippen LogP contribution in [-0.2, 0) is 14.6 Å². The second-order valence-electron chi connectivity index (χ2n) is 7.87. The van der Waals surface area contributed by atoms with Crippen LogP contribution in [0, 0.1) is 6.92 Å². The molecule has 0 radical (unpaired) electrons. The Morgan fingerprint density at radius 2 is 1.80 bits per heavy atom. The van der Waals surface area contributed by atoms with Gasteiger partial charge in [0.15, 0.2) is 9.84 Å². The molecule has 0 aliphatic rings. The van der Waals surface area contributed by atoms with Crippen molar-refractivity contribution in [1.29, 1.82) is 0 Å². The zero-order valence-corrected chi connectivity index (χ0v) is 21.5. The smallest absolute Gasteiger partial charge is 0.231 e. The number of carbonyl (C=O) groups is 1. The molecule has 0 aliphatic carbocycles. The lowest BCUT2D eigenvalue weighted by Gasteiger charge is -2.12. The summed E-state index contributed by atoms with van der Waals surface area (Å²) < 4.78 is 30.6. The van der Waals surface area contributed by atoms with Gasteiger partial charge >= 0.3 is 0 Å². The predicted octanol–water partition coefficient (Wildman–Crippen LogP) is 5.98. The number of hydrogen-bond acceptors (Lipinski definition) is 6. The molecule has 180 valence electrons. The molecule has 3 aromatic carbocycles. The minimum Gasteiger partial charge on any atom is -0.444 e. The molecule has 35 heavy (non-hydrogen) atoms. The van der Waals surface area contributed by atoms with Gasteiger partial charge in [0, 0.05) is 10.6 Å². The van der Waals surface area contributed by atoms with E-state index in [1.807, 2.05) is 43.3 Å². The monoisotopic (exact) mass is 526 g/mol. The number of amides is 1. The molecule has 0 aliphatic heterocycles. The number of thiazole rings is 1. The summed E-state index contributed by atoms with van der Waals surface area (Å²) in [6.45, 7) is 3.52. The van der Waals surface area contributed by atoms with E-state index >= 15 is 0 Å². The normalized spacial score (nSPS) is 12.3. The number of nitrogens with two attached hydrogens (primary N) is 1. The Morgan fingerprint density at radius 1 is 1.09 bits per heavy atom. The van der Waals surface area contributed by atoms with Gasteiger partial charge in [-0.05, 0) is 48.4 Å². The lowest BCUT2D eigenvalue weighted by atomic mass is 9.99. The van der Waals surface area contributed by atoms with Crippen molar-refractivity contribution in [2.75, 3.05) is 5.75 Å². The molecule has 1 aromatic heterocycles. The summed E-state index contributed by atoms with van der Waals surface area (Å²) in [5.41, 5.74) is 8.55. The van der Waals surface area contributed by atoms with Crippen LogP contribution >= 0.6 is 22.9 Å². The maximum atomic E-state index is 12.6. The summed E-state index contributed by atoms with van der Waals surface area (Å²) in [4.78, 5) is 17.5. The largest absolute Gasteiger partial charge is 0.444 e. The topological polar surface area (TPSA) is 99.3 Å². The van der Waals surface area contributed by atoms with E-state index in [1.165, 1.54) is 23.5 Å². The number of aromatic nitrogens is 1. The molecule has 0 fully saturated rings. The first-order chi connectivity index (χ1) is 16.7. The number of para-hydroxylation sites is 1. The van der Waals surface area contributed by atoms with E-state index in [4.69, 9.17) is 27.1 Å². The second kappa shape index (κ2) is 10.2. The first kappa shape index (κ1) is 24.9. The van der Waals surface area contributed by atoms with Crippen molar-refractivity contribution in [2.24, 2.45) is 5.73 Å². The highest BCUT2D eigenvalue weighted by molar-refractivity contribution is 7.91. The quantitative estimate of drug-likeness (QED) is 0.304. The minimum absolute atomic E-state index is 0.0132. The summed E-state index contributed by atoms with van der Waals surface area (Å²) in [6.07, 6.45) is 0. The average molecular weight is 527 g/mol. The van der Waals surface area contributed by atoms with Crippen LogP contribution < -0.4 is 10.5 Å². The van der Waals surface area contributed by atoms with Crippen molar-refractivity contribution in [2.45, 2.75) is 24.7 Å². The van der Waals surface area contributed by atoms with Gasteiger partial charge in [0.25, 0.3) is 0 Å². The van der Waals surface area contributed by atoms with Crippen molar-refractivity contribution in [3.05, 3.63) is 94.0 Å². The van der Waals surface area contributed by atoms with Gasteiger partial charge in [0.2, 0.25) is 11.0 Å². The molecule has 6 nitrogen and oxygen atoms in total. The number of carbonyl (C=O) groups excluding carboxylic acids is 1. The molecule has 1 amide bonds. The number of sulfone groups is 1. The van der Waals surface area contributed by atoms with E-state index in [-0.39, 0.29) is 10.6 Å². The van der Waals surface area contributed by atoms with Crippen LogP contribution in [0.25, 0.3) is 11.3 Å².